The van der Waals surface area contributed by atoms with E-state index in [1.807, 2.05) is 13.8 Å². The maximum atomic E-state index is 11.0. The molecule has 0 saturated heterocycles. The van der Waals surface area contributed by atoms with Crippen LogP contribution in [0.25, 0.3) is 0 Å². The van der Waals surface area contributed by atoms with Crippen molar-refractivity contribution in [1.29, 1.82) is 0 Å². The van der Waals surface area contributed by atoms with E-state index in [0.29, 0.717) is 6.42 Å². The summed E-state index contributed by atoms with van der Waals surface area (Å²) in [5.41, 5.74) is 10.4. The summed E-state index contributed by atoms with van der Waals surface area (Å²) in [6, 6.07) is -0.740. The molecular formula is C8H16N2O3. The van der Waals surface area contributed by atoms with Crippen LogP contribution in [0.3, 0.4) is 0 Å². The molecule has 0 aliphatic rings. The fraction of sp³-hybridized carbons (Fsp3) is 0.750. The van der Waals surface area contributed by atoms with Crippen molar-refractivity contribution in [3.63, 3.8) is 0 Å². The summed E-state index contributed by atoms with van der Waals surface area (Å²) < 4.78 is 4.33. The lowest BCUT2D eigenvalue weighted by Gasteiger charge is -2.11. The maximum absolute atomic E-state index is 11.0. The normalized spacial score (nSPS) is 12.7. The third-order valence-electron chi connectivity index (χ3n) is 1.41. The molecule has 0 aliphatic carbocycles. The van der Waals surface area contributed by atoms with Gasteiger partial charge in [0.1, 0.15) is 6.04 Å². The third kappa shape index (κ3) is 5.32. The number of hydrogen-bond acceptors (Lipinski definition) is 5. The zero-order valence-corrected chi connectivity index (χ0v) is 7.95. The van der Waals surface area contributed by atoms with Gasteiger partial charge in [0.05, 0.1) is 6.54 Å². The number of nitrogens with two attached hydrogens (primary N) is 2. The molecule has 0 spiro atoms. The fourth-order valence-corrected chi connectivity index (χ4v) is 0.834. The lowest BCUT2D eigenvalue weighted by atomic mass is 10.1. The second-order valence-electron chi connectivity index (χ2n) is 3.23. The van der Waals surface area contributed by atoms with E-state index in [2.05, 4.69) is 4.74 Å². The highest BCUT2D eigenvalue weighted by molar-refractivity contribution is 5.89. The first-order valence-corrected chi connectivity index (χ1v) is 4.17. The molecule has 0 rings (SSSR count). The molecule has 0 aromatic heterocycles. The van der Waals surface area contributed by atoms with Gasteiger partial charge >= 0.3 is 11.9 Å². The Morgan fingerprint density at radius 1 is 1.38 bits per heavy atom. The predicted molar refractivity (Wildman–Crippen MR) is 47.6 cm³/mol. The second-order valence-corrected chi connectivity index (χ2v) is 3.23. The summed E-state index contributed by atoms with van der Waals surface area (Å²) in [4.78, 5) is 21.6. The van der Waals surface area contributed by atoms with Gasteiger partial charge in [-0.1, -0.05) is 13.8 Å². The van der Waals surface area contributed by atoms with E-state index in [0.717, 1.165) is 0 Å². The zero-order chi connectivity index (χ0) is 10.4. The van der Waals surface area contributed by atoms with Crippen LogP contribution in [0, 0.1) is 5.92 Å². The van der Waals surface area contributed by atoms with Crippen LogP contribution < -0.4 is 11.5 Å². The van der Waals surface area contributed by atoms with E-state index in [-0.39, 0.29) is 12.5 Å². The number of rotatable bonds is 4. The van der Waals surface area contributed by atoms with Crippen LogP contribution in [0.1, 0.15) is 20.3 Å². The van der Waals surface area contributed by atoms with Gasteiger partial charge in [-0.2, -0.15) is 0 Å². The third-order valence-corrected chi connectivity index (χ3v) is 1.41. The maximum Gasteiger partial charge on any atom is 0.330 e. The molecule has 0 amide bonds. The summed E-state index contributed by atoms with van der Waals surface area (Å²) >= 11 is 0. The molecule has 5 nitrogen and oxygen atoms in total. The molecule has 0 aliphatic heterocycles. The average Bonchev–Trinajstić information content (AvgIpc) is 2.02. The molecule has 0 bridgehead atoms. The van der Waals surface area contributed by atoms with Gasteiger partial charge in [0, 0.05) is 0 Å². The molecule has 0 aromatic rings. The van der Waals surface area contributed by atoms with E-state index >= 15 is 0 Å². The smallest absolute Gasteiger partial charge is 0.330 e. The minimum atomic E-state index is -0.746. The zero-order valence-electron chi connectivity index (χ0n) is 7.95. The highest BCUT2D eigenvalue weighted by Gasteiger charge is 2.18. The van der Waals surface area contributed by atoms with Gasteiger partial charge in [-0.15, -0.1) is 0 Å². The largest absolute Gasteiger partial charge is 0.391 e. The molecule has 0 fully saturated rings. The lowest BCUT2D eigenvalue weighted by Crippen LogP contribution is -2.36. The van der Waals surface area contributed by atoms with E-state index in [1.165, 1.54) is 0 Å². The highest BCUT2D eigenvalue weighted by Crippen LogP contribution is 2.03. The van der Waals surface area contributed by atoms with Crippen LogP contribution in [-0.4, -0.2) is 24.5 Å². The first-order chi connectivity index (χ1) is 5.97. The van der Waals surface area contributed by atoms with Gasteiger partial charge in [-0.05, 0) is 12.3 Å². The number of carbonyl (C=O) groups is 2. The second kappa shape index (κ2) is 5.66. The van der Waals surface area contributed by atoms with Crippen molar-refractivity contribution in [2.75, 3.05) is 6.54 Å². The molecule has 1 atom stereocenters. The van der Waals surface area contributed by atoms with Crippen LogP contribution in [0.5, 0.6) is 0 Å². The molecule has 0 heterocycles. The van der Waals surface area contributed by atoms with Gasteiger partial charge < -0.3 is 16.2 Å². The van der Waals surface area contributed by atoms with E-state index in [1.54, 1.807) is 0 Å². The average molecular weight is 188 g/mol. The number of ether oxygens (including phenoxy) is 1. The molecule has 0 aromatic carbocycles. The van der Waals surface area contributed by atoms with Crippen molar-refractivity contribution in [3.8, 4) is 0 Å². The van der Waals surface area contributed by atoms with E-state index in [4.69, 9.17) is 11.5 Å². The molecule has 0 saturated carbocycles. The van der Waals surface area contributed by atoms with Crippen LogP contribution in [0.15, 0.2) is 0 Å². The van der Waals surface area contributed by atoms with E-state index < -0.39 is 18.0 Å². The first-order valence-electron chi connectivity index (χ1n) is 4.17. The summed E-state index contributed by atoms with van der Waals surface area (Å²) in [6.07, 6.45) is 0.497. The van der Waals surface area contributed by atoms with Crippen LogP contribution in [0.2, 0.25) is 0 Å². The topological polar surface area (TPSA) is 95.4 Å². The van der Waals surface area contributed by atoms with Crippen molar-refractivity contribution < 1.29 is 14.3 Å². The summed E-state index contributed by atoms with van der Waals surface area (Å²) in [7, 11) is 0. The monoisotopic (exact) mass is 188 g/mol. The number of esters is 2. The summed E-state index contributed by atoms with van der Waals surface area (Å²) in [6.45, 7) is 3.55. The number of carbonyl (C=O) groups excluding carboxylic acids is 2. The Kier molecular flexibility index (Phi) is 5.25. The Labute approximate surface area is 77.4 Å². The van der Waals surface area contributed by atoms with Gasteiger partial charge in [-0.25, -0.2) is 4.79 Å². The van der Waals surface area contributed by atoms with Gasteiger partial charge in [-0.3, -0.25) is 4.79 Å². The minimum absolute atomic E-state index is 0.288. The van der Waals surface area contributed by atoms with Crippen molar-refractivity contribution in [2.45, 2.75) is 26.3 Å². The van der Waals surface area contributed by atoms with Crippen molar-refractivity contribution in [2.24, 2.45) is 17.4 Å². The SMILES string of the molecule is CC(C)C[C@H](N)C(=O)OC(=O)CN. The Hall–Kier alpha value is -0.940. The van der Waals surface area contributed by atoms with Crippen LogP contribution in [0.4, 0.5) is 0 Å². The summed E-state index contributed by atoms with van der Waals surface area (Å²) in [5, 5.41) is 0. The molecule has 4 N–H and O–H groups in total. The van der Waals surface area contributed by atoms with Crippen molar-refractivity contribution in [1.82, 2.24) is 0 Å². The van der Waals surface area contributed by atoms with Gasteiger partial charge in [0.15, 0.2) is 0 Å². The molecule has 5 heteroatoms. The number of hydrogen-bond donors (Lipinski definition) is 2. The van der Waals surface area contributed by atoms with Crippen molar-refractivity contribution >= 4 is 11.9 Å². The van der Waals surface area contributed by atoms with Gasteiger partial charge in [0.2, 0.25) is 0 Å². The highest BCUT2D eigenvalue weighted by atomic mass is 16.6. The lowest BCUT2D eigenvalue weighted by molar-refractivity contribution is -0.159. The molecule has 0 unspecified atom stereocenters. The minimum Gasteiger partial charge on any atom is -0.391 e. The standard InChI is InChI=1S/C8H16N2O3/c1-5(2)3-6(10)8(12)13-7(11)4-9/h5-6H,3-4,9-10H2,1-2H3/t6-/m0/s1. The Balaban J connectivity index is 3.89. The van der Waals surface area contributed by atoms with Gasteiger partial charge in [0.25, 0.3) is 0 Å². The predicted octanol–water partition coefficient (Wildman–Crippen LogP) is -0.612. The Morgan fingerprint density at radius 3 is 2.31 bits per heavy atom. The van der Waals surface area contributed by atoms with Crippen LogP contribution >= 0.6 is 0 Å². The Morgan fingerprint density at radius 2 is 1.92 bits per heavy atom. The van der Waals surface area contributed by atoms with E-state index in [9.17, 15) is 9.59 Å². The van der Waals surface area contributed by atoms with Crippen molar-refractivity contribution in [3.05, 3.63) is 0 Å². The van der Waals surface area contributed by atoms with Crippen LogP contribution in [-0.2, 0) is 14.3 Å². The molecule has 13 heavy (non-hydrogen) atoms. The molecule has 76 valence electrons. The first kappa shape index (κ1) is 12.1. The Bertz CT molecular complexity index is 192. The quantitative estimate of drug-likeness (QED) is 0.453. The molecular weight excluding hydrogens is 172 g/mol. The fourth-order valence-electron chi connectivity index (χ4n) is 0.834. The summed E-state index contributed by atoms with van der Waals surface area (Å²) in [5.74, 6) is -1.16. The molecule has 0 radical (unpaired) electrons.